The van der Waals surface area contributed by atoms with Crippen molar-refractivity contribution in [2.75, 3.05) is 13.7 Å². The van der Waals surface area contributed by atoms with E-state index < -0.39 is 12.8 Å². The van der Waals surface area contributed by atoms with Gasteiger partial charge in [0, 0.05) is 20.1 Å². The van der Waals surface area contributed by atoms with Gasteiger partial charge in [0.1, 0.15) is 5.75 Å². The first-order valence-corrected chi connectivity index (χ1v) is 8.14. The molecule has 0 aliphatic rings. The van der Waals surface area contributed by atoms with Gasteiger partial charge in [0.2, 0.25) is 0 Å². The number of hydrogen-bond donors (Lipinski definition) is 2. The first-order chi connectivity index (χ1) is 11.5. The molecule has 0 fully saturated rings. The van der Waals surface area contributed by atoms with E-state index in [0.717, 1.165) is 5.56 Å². The number of ether oxygens (including phenoxy) is 1. The molecule has 4 nitrogen and oxygen atoms in total. The minimum atomic E-state index is -4.33. The fourth-order valence-corrected chi connectivity index (χ4v) is 2.52. The number of rotatable bonds is 6. The molecule has 2 N–H and O–H groups in total. The van der Waals surface area contributed by atoms with E-state index in [9.17, 15) is 13.2 Å². The van der Waals surface area contributed by atoms with Gasteiger partial charge < -0.3 is 15.4 Å². The van der Waals surface area contributed by atoms with Crippen molar-refractivity contribution < 1.29 is 17.9 Å². The second kappa shape index (κ2) is 8.58. The van der Waals surface area contributed by atoms with Gasteiger partial charge >= 0.3 is 6.18 Å². The highest BCUT2D eigenvalue weighted by Crippen LogP contribution is 2.18. The average molecular weight is 357 g/mol. The zero-order valence-corrected chi connectivity index (χ0v) is 13.9. The predicted octanol–water partition coefficient (Wildman–Crippen LogP) is 3.55. The lowest BCUT2D eigenvalue weighted by atomic mass is 10.2. The molecular formula is C16H18F3N3OS. The summed E-state index contributed by atoms with van der Waals surface area (Å²) in [6, 6.07) is 8.49. The standard InChI is InChI=1S/C16H18F3N3OS/c1-20-15(22-9-13-6-7-24-10-13)21-8-12-2-4-14(5-3-12)23-11-16(17,18)19/h2-7,10H,8-9,11H2,1H3,(H2,20,21,22). The van der Waals surface area contributed by atoms with Crippen LogP contribution >= 0.6 is 11.3 Å². The number of benzene rings is 1. The lowest BCUT2D eigenvalue weighted by Crippen LogP contribution is -2.36. The van der Waals surface area contributed by atoms with Gasteiger partial charge in [-0.2, -0.15) is 24.5 Å². The fourth-order valence-electron chi connectivity index (χ4n) is 1.85. The van der Waals surface area contributed by atoms with Gasteiger partial charge in [0.15, 0.2) is 12.6 Å². The van der Waals surface area contributed by atoms with Crippen molar-refractivity contribution in [3.05, 3.63) is 52.2 Å². The number of nitrogens with zero attached hydrogens (tertiary/aromatic N) is 1. The van der Waals surface area contributed by atoms with E-state index in [1.54, 1.807) is 30.5 Å². The zero-order chi connectivity index (χ0) is 17.4. The van der Waals surface area contributed by atoms with Crippen LogP contribution in [-0.4, -0.2) is 25.8 Å². The monoisotopic (exact) mass is 357 g/mol. The van der Waals surface area contributed by atoms with Gasteiger partial charge in [-0.05, 0) is 40.1 Å². The quantitative estimate of drug-likeness (QED) is 0.614. The third kappa shape index (κ3) is 6.49. The molecule has 2 rings (SSSR count). The summed E-state index contributed by atoms with van der Waals surface area (Å²) in [6.07, 6.45) is -4.33. The molecule has 8 heteroatoms. The Morgan fingerprint density at radius 3 is 2.29 bits per heavy atom. The van der Waals surface area contributed by atoms with Crippen LogP contribution in [0.5, 0.6) is 5.75 Å². The summed E-state index contributed by atoms with van der Waals surface area (Å²) < 4.78 is 40.9. The summed E-state index contributed by atoms with van der Waals surface area (Å²) in [5.41, 5.74) is 2.09. The molecule has 0 saturated carbocycles. The van der Waals surface area contributed by atoms with Crippen LogP contribution in [0, 0.1) is 0 Å². The molecule has 1 aromatic carbocycles. The van der Waals surface area contributed by atoms with Gasteiger partial charge in [0.05, 0.1) is 0 Å². The smallest absolute Gasteiger partial charge is 0.422 e. The lowest BCUT2D eigenvalue weighted by molar-refractivity contribution is -0.153. The molecule has 2 aromatic rings. The highest BCUT2D eigenvalue weighted by Gasteiger charge is 2.28. The Morgan fingerprint density at radius 1 is 1.08 bits per heavy atom. The summed E-state index contributed by atoms with van der Waals surface area (Å²) >= 11 is 1.63. The third-order valence-corrected chi connectivity index (χ3v) is 3.78. The van der Waals surface area contributed by atoms with Crippen LogP contribution in [0.1, 0.15) is 11.1 Å². The van der Waals surface area contributed by atoms with Crippen molar-refractivity contribution in [2.24, 2.45) is 4.99 Å². The van der Waals surface area contributed by atoms with E-state index in [1.165, 1.54) is 17.7 Å². The number of guanidine groups is 1. The van der Waals surface area contributed by atoms with E-state index in [2.05, 4.69) is 25.7 Å². The first kappa shape index (κ1) is 18.1. The normalized spacial score (nSPS) is 12.1. The summed E-state index contributed by atoms with van der Waals surface area (Å²) in [6.45, 7) is -0.111. The van der Waals surface area contributed by atoms with E-state index in [0.29, 0.717) is 19.0 Å². The maximum Gasteiger partial charge on any atom is 0.422 e. The summed E-state index contributed by atoms with van der Waals surface area (Å²) in [5, 5.41) is 10.4. The van der Waals surface area contributed by atoms with Crippen LogP contribution in [0.3, 0.4) is 0 Å². The Balaban J connectivity index is 1.78. The number of aliphatic imine (C=N–C) groups is 1. The maximum atomic E-state index is 12.1. The Morgan fingerprint density at radius 2 is 1.75 bits per heavy atom. The molecule has 1 heterocycles. The maximum absolute atomic E-state index is 12.1. The molecular weight excluding hydrogens is 339 g/mol. The van der Waals surface area contributed by atoms with Crippen LogP contribution in [0.25, 0.3) is 0 Å². The molecule has 0 bridgehead atoms. The second-order valence-electron chi connectivity index (χ2n) is 4.96. The Labute approximate surface area is 142 Å². The number of halogens is 3. The zero-order valence-electron chi connectivity index (χ0n) is 13.1. The number of hydrogen-bond acceptors (Lipinski definition) is 3. The summed E-state index contributed by atoms with van der Waals surface area (Å²) in [7, 11) is 1.68. The fraction of sp³-hybridized carbons (Fsp3) is 0.312. The van der Waals surface area contributed by atoms with Crippen molar-refractivity contribution in [3.8, 4) is 5.75 Å². The molecule has 130 valence electrons. The third-order valence-electron chi connectivity index (χ3n) is 3.05. The Bertz CT molecular complexity index is 640. The van der Waals surface area contributed by atoms with Crippen molar-refractivity contribution >= 4 is 17.3 Å². The van der Waals surface area contributed by atoms with Gasteiger partial charge in [-0.15, -0.1) is 0 Å². The molecule has 0 aliphatic carbocycles. The van der Waals surface area contributed by atoms with Gasteiger partial charge in [-0.3, -0.25) is 4.99 Å². The lowest BCUT2D eigenvalue weighted by Gasteiger charge is -2.12. The molecule has 0 unspecified atom stereocenters. The minimum Gasteiger partial charge on any atom is -0.484 e. The molecule has 0 spiro atoms. The SMILES string of the molecule is CN=C(NCc1ccc(OCC(F)(F)F)cc1)NCc1ccsc1. The highest BCUT2D eigenvalue weighted by atomic mass is 32.1. The van der Waals surface area contributed by atoms with Gasteiger partial charge in [-0.1, -0.05) is 12.1 Å². The van der Waals surface area contributed by atoms with Gasteiger partial charge in [-0.25, -0.2) is 0 Å². The average Bonchev–Trinajstić information content (AvgIpc) is 3.07. The van der Waals surface area contributed by atoms with Crippen molar-refractivity contribution in [2.45, 2.75) is 19.3 Å². The molecule has 0 saturated heterocycles. The Kier molecular flexibility index (Phi) is 6.48. The van der Waals surface area contributed by atoms with Crippen LogP contribution in [-0.2, 0) is 13.1 Å². The molecule has 0 atom stereocenters. The van der Waals surface area contributed by atoms with Crippen LogP contribution in [0.2, 0.25) is 0 Å². The van der Waals surface area contributed by atoms with Crippen LogP contribution in [0.4, 0.5) is 13.2 Å². The van der Waals surface area contributed by atoms with E-state index >= 15 is 0 Å². The molecule has 24 heavy (non-hydrogen) atoms. The topological polar surface area (TPSA) is 45.7 Å². The number of nitrogens with one attached hydrogen (secondary N) is 2. The van der Waals surface area contributed by atoms with Gasteiger partial charge in [0.25, 0.3) is 0 Å². The summed E-state index contributed by atoms with van der Waals surface area (Å²) in [4.78, 5) is 4.12. The van der Waals surface area contributed by atoms with E-state index in [1.807, 2.05) is 11.4 Å². The first-order valence-electron chi connectivity index (χ1n) is 7.20. The second-order valence-corrected chi connectivity index (χ2v) is 5.74. The van der Waals surface area contributed by atoms with E-state index in [-0.39, 0.29) is 5.75 Å². The Hall–Kier alpha value is -2.22. The molecule has 0 radical (unpaired) electrons. The van der Waals surface area contributed by atoms with Crippen molar-refractivity contribution in [3.63, 3.8) is 0 Å². The summed E-state index contributed by atoms with van der Waals surface area (Å²) in [5.74, 6) is 0.842. The molecule has 0 aliphatic heterocycles. The van der Waals surface area contributed by atoms with E-state index in [4.69, 9.17) is 0 Å². The predicted molar refractivity (Wildman–Crippen MR) is 89.3 cm³/mol. The molecule has 0 amide bonds. The highest BCUT2D eigenvalue weighted by molar-refractivity contribution is 7.07. The molecule has 1 aromatic heterocycles. The number of thiophene rings is 1. The number of alkyl halides is 3. The minimum absolute atomic E-state index is 0.191. The van der Waals surface area contributed by atoms with Crippen molar-refractivity contribution in [1.82, 2.24) is 10.6 Å². The van der Waals surface area contributed by atoms with Crippen LogP contribution in [0.15, 0.2) is 46.1 Å². The van der Waals surface area contributed by atoms with Crippen LogP contribution < -0.4 is 15.4 Å². The van der Waals surface area contributed by atoms with Crippen molar-refractivity contribution in [1.29, 1.82) is 0 Å². The largest absolute Gasteiger partial charge is 0.484 e.